The lowest BCUT2D eigenvalue weighted by Crippen LogP contribution is -2.12. The molecule has 3 heterocycles. The van der Waals surface area contributed by atoms with E-state index in [1.807, 2.05) is 18.2 Å². The molecule has 0 atom stereocenters. The van der Waals surface area contributed by atoms with E-state index in [0.717, 1.165) is 15.8 Å². The number of nitrogens with two attached hydrogens (primary N) is 1. The van der Waals surface area contributed by atoms with Crippen LogP contribution in [0.2, 0.25) is 0 Å². The Morgan fingerprint density at radius 3 is 2.82 bits per heavy atom. The number of aromatic nitrogens is 2. The molecule has 0 radical (unpaired) electrons. The van der Waals surface area contributed by atoms with Gasteiger partial charge in [0.2, 0.25) is 0 Å². The maximum Gasteiger partial charge on any atom is 0.266 e. The van der Waals surface area contributed by atoms with E-state index in [-0.39, 0.29) is 0 Å². The first-order valence-electron chi connectivity index (χ1n) is 5.16. The van der Waals surface area contributed by atoms with Gasteiger partial charge in [-0.2, -0.15) is 10.9 Å². The summed E-state index contributed by atoms with van der Waals surface area (Å²) in [7, 11) is -0.589. The highest BCUT2D eigenvalue weighted by atomic mass is 32.2. The molecule has 0 bridgehead atoms. The van der Waals surface area contributed by atoms with Crippen LogP contribution in [0.15, 0.2) is 46.3 Å². The van der Waals surface area contributed by atoms with Crippen molar-refractivity contribution in [2.24, 2.45) is 5.73 Å². The largest absolute Gasteiger partial charge is 0.364 e. The average molecular weight is 245 g/mol. The Labute approximate surface area is 101 Å². The smallest absolute Gasteiger partial charge is 0.266 e. The SMILES string of the molecule is NC(=O)c1[nH]c2ccncc2c1[SH]1C=CC=C1. The molecule has 86 valence electrons. The van der Waals surface area contributed by atoms with Crippen molar-refractivity contribution in [3.63, 3.8) is 0 Å². The van der Waals surface area contributed by atoms with Crippen LogP contribution < -0.4 is 5.73 Å². The van der Waals surface area contributed by atoms with Crippen LogP contribution in [0.1, 0.15) is 10.5 Å². The number of nitrogens with zero attached hydrogens (tertiary/aromatic N) is 1. The van der Waals surface area contributed by atoms with Gasteiger partial charge in [0.05, 0.1) is 5.52 Å². The van der Waals surface area contributed by atoms with Gasteiger partial charge in [0.15, 0.2) is 0 Å². The van der Waals surface area contributed by atoms with Gasteiger partial charge < -0.3 is 10.7 Å². The minimum atomic E-state index is -0.589. The molecule has 0 saturated carbocycles. The summed E-state index contributed by atoms with van der Waals surface area (Å²) in [5, 5.41) is 5.16. The molecule has 0 fully saturated rings. The number of primary amides is 1. The molecule has 0 aromatic carbocycles. The van der Waals surface area contributed by atoms with Crippen LogP contribution in [0.25, 0.3) is 10.9 Å². The Kier molecular flexibility index (Phi) is 2.26. The van der Waals surface area contributed by atoms with Gasteiger partial charge in [-0.3, -0.25) is 9.78 Å². The van der Waals surface area contributed by atoms with Crippen molar-refractivity contribution in [2.75, 3.05) is 0 Å². The summed E-state index contributed by atoms with van der Waals surface area (Å²) in [6, 6.07) is 1.85. The normalized spacial score (nSPS) is 15.9. The molecule has 2 aromatic rings. The van der Waals surface area contributed by atoms with Crippen molar-refractivity contribution in [3.8, 4) is 0 Å². The number of rotatable bonds is 2. The average Bonchev–Trinajstić information content (AvgIpc) is 2.94. The molecular weight excluding hydrogens is 234 g/mol. The summed E-state index contributed by atoms with van der Waals surface area (Å²) in [6.07, 6.45) is 7.45. The number of fused-ring (bicyclic) bond motifs is 1. The van der Waals surface area contributed by atoms with Gasteiger partial charge >= 0.3 is 0 Å². The minimum Gasteiger partial charge on any atom is -0.364 e. The highest BCUT2D eigenvalue weighted by molar-refractivity contribution is 8.22. The Morgan fingerprint density at radius 1 is 1.35 bits per heavy atom. The van der Waals surface area contributed by atoms with E-state index in [4.69, 9.17) is 5.73 Å². The Hall–Kier alpha value is -2.01. The van der Waals surface area contributed by atoms with Crippen molar-refractivity contribution in [1.82, 2.24) is 9.97 Å². The van der Waals surface area contributed by atoms with E-state index in [2.05, 4.69) is 20.8 Å². The fourth-order valence-corrected chi connectivity index (χ4v) is 3.80. The quantitative estimate of drug-likeness (QED) is 0.709. The fraction of sp³-hybridized carbons (Fsp3) is 0. The van der Waals surface area contributed by atoms with Crippen molar-refractivity contribution in [1.29, 1.82) is 0 Å². The molecular formula is C12H11N3OS. The fourth-order valence-electron chi connectivity index (χ4n) is 1.95. The zero-order chi connectivity index (χ0) is 11.8. The summed E-state index contributed by atoms with van der Waals surface area (Å²) < 4.78 is 0. The molecule has 1 amide bonds. The monoisotopic (exact) mass is 245 g/mol. The van der Waals surface area contributed by atoms with Gasteiger partial charge in [-0.1, -0.05) is 12.2 Å². The van der Waals surface area contributed by atoms with Crippen LogP contribution in [0.3, 0.4) is 0 Å². The molecule has 0 spiro atoms. The van der Waals surface area contributed by atoms with Crippen molar-refractivity contribution < 1.29 is 4.79 Å². The lowest BCUT2D eigenvalue weighted by atomic mass is 10.3. The maximum atomic E-state index is 11.5. The Balaban J connectivity index is 2.31. The van der Waals surface area contributed by atoms with Gasteiger partial charge in [-0.25, -0.2) is 0 Å². The van der Waals surface area contributed by atoms with E-state index in [1.165, 1.54) is 0 Å². The van der Waals surface area contributed by atoms with Crippen LogP contribution in [0, 0.1) is 0 Å². The highest BCUT2D eigenvalue weighted by Crippen LogP contribution is 2.47. The zero-order valence-corrected chi connectivity index (χ0v) is 9.82. The first-order chi connectivity index (χ1) is 8.27. The molecule has 0 aliphatic carbocycles. The summed E-state index contributed by atoms with van der Waals surface area (Å²) >= 11 is 0. The molecule has 1 aliphatic heterocycles. The highest BCUT2D eigenvalue weighted by Gasteiger charge is 2.19. The number of nitrogens with one attached hydrogen (secondary N) is 1. The van der Waals surface area contributed by atoms with Crippen LogP contribution in [0.5, 0.6) is 0 Å². The number of amides is 1. The minimum absolute atomic E-state index is 0.424. The van der Waals surface area contributed by atoms with Gasteiger partial charge in [0.25, 0.3) is 5.91 Å². The summed E-state index contributed by atoms with van der Waals surface area (Å²) in [5.74, 6) is -0.424. The van der Waals surface area contributed by atoms with Gasteiger partial charge in [0, 0.05) is 22.7 Å². The first kappa shape index (κ1) is 10.2. The van der Waals surface area contributed by atoms with E-state index in [9.17, 15) is 4.79 Å². The predicted octanol–water partition coefficient (Wildman–Crippen LogP) is 2.06. The van der Waals surface area contributed by atoms with E-state index < -0.39 is 16.8 Å². The van der Waals surface area contributed by atoms with E-state index in [1.54, 1.807) is 12.4 Å². The lowest BCUT2D eigenvalue weighted by molar-refractivity contribution is 0.0993. The summed E-state index contributed by atoms with van der Waals surface area (Å²) in [4.78, 5) is 19.6. The number of pyridine rings is 1. The standard InChI is InChI=1S/C12H11N3OS/c13-12(16)10-11(17-5-1-2-6-17)8-7-14-4-3-9(8)15-10/h1-7,15,17H,(H2,13,16). The van der Waals surface area contributed by atoms with Crippen molar-refractivity contribution >= 4 is 27.7 Å². The molecule has 17 heavy (non-hydrogen) atoms. The lowest BCUT2D eigenvalue weighted by Gasteiger charge is -2.10. The van der Waals surface area contributed by atoms with Crippen LogP contribution in [-0.2, 0) is 0 Å². The number of H-pyrrole nitrogens is 1. The van der Waals surface area contributed by atoms with E-state index >= 15 is 0 Å². The number of thiol groups is 1. The Morgan fingerprint density at radius 2 is 2.12 bits per heavy atom. The molecule has 2 aromatic heterocycles. The van der Waals surface area contributed by atoms with Gasteiger partial charge in [-0.05, 0) is 16.9 Å². The number of hydrogen-bond acceptors (Lipinski definition) is 2. The van der Waals surface area contributed by atoms with Crippen molar-refractivity contribution in [2.45, 2.75) is 4.90 Å². The second-order valence-electron chi connectivity index (χ2n) is 3.72. The number of carbonyl (C=O) groups excluding carboxylic acids is 1. The Bertz CT molecular complexity index is 645. The zero-order valence-electron chi connectivity index (χ0n) is 8.92. The van der Waals surface area contributed by atoms with Crippen LogP contribution >= 0.6 is 10.9 Å². The second kappa shape index (κ2) is 3.78. The predicted molar refractivity (Wildman–Crippen MR) is 70.1 cm³/mol. The summed E-state index contributed by atoms with van der Waals surface area (Å²) in [5.41, 5.74) is 6.82. The first-order valence-corrected chi connectivity index (χ1v) is 6.64. The van der Waals surface area contributed by atoms with Crippen LogP contribution in [-0.4, -0.2) is 15.9 Å². The maximum absolute atomic E-state index is 11.5. The van der Waals surface area contributed by atoms with Crippen LogP contribution in [0.4, 0.5) is 0 Å². The van der Waals surface area contributed by atoms with Crippen molar-refractivity contribution in [3.05, 3.63) is 47.1 Å². The topological polar surface area (TPSA) is 71.8 Å². The molecule has 0 saturated heterocycles. The molecule has 3 N–H and O–H groups in total. The van der Waals surface area contributed by atoms with E-state index in [0.29, 0.717) is 5.69 Å². The number of carbonyl (C=O) groups is 1. The second-order valence-corrected chi connectivity index (χ2v) is 5.58. The molecule has 1 aliphatic rings. The number of allylic oxidation sites excluding steroid dienone is 2. The number of aromatic amines is 1. The third-order valence-corrected chi connectivity index (χ3v) is 4.65. The molecule has 4 nitrogen and oxygen atoms in total. The van der Waals surface area contributed by atoms with Gasteiger partial charge in [0.1, 0.15) is 5.69 Å². The van der Waals surface area contributed by atoms with Gasteiger partial charge in [-0.15, -0.1) is 0 Å². The third kappa shape index (κ3) is 1.55. The third-order valence-electron chi connectivity index (χ3n) is 2.68. The molecule has 3 rings (SSSR count). The summed E-state index contributed by atoms with van der Waals surface area (Å²) in [6.45, 7) is 0. The molecule has 5 heteroatoms. The molecule has 0 unspecified atom stereocenters. The number of hydrogen-bond donors (Lipinski definition) is 3.